The van der Waals surface area contributed by atoms with Crippen molar-refractivity contribution in [1.29, 1.82) is 0 Å². The minimum Gasteiger partial charge on any atom is -0.312 e. The Bertz CT molecular complexity index is 781. The van der Waals surface area contributed by atoms with Crippen LogP contribution in [0.4, 0.5) is 0 Å². The van der Waals surface area contributed by atoms with Crippen LogP contribution in [-0.4, -0.2) is 34.9 Å². The third-order valence-corrected chi connectivity index (χ3v) is 5.02. The van der Waals surface area contributed by atoms with E-state index in [9.17, 15) is 9.59 Å². The van der Waals surface area contributed by atoms with Crippen molar-refractivity contribution >= 4 is 5.78 Å². The molecule has 118 valence electrons. The zero-order chi connectivity index (χ0) is 15.8. The summed E-state index contributed by atoms with van der Waals surface area (Å²) in [7, 11) is 0. The third-order valence-electron chi connectivity index (χ3n) is 5.02. The van der Waals surface area contributed by atoms with Gasteiger partial charge in [0, 0.05) is 42.9 Å². The number of benzene rings is 1. The summed E-state index contributed by atoms with van der Waals surface area (Å²) < 4.78 is 1.93. The Hall–Kier alpha value is -2.20. The average molecular weight is 308 g/mol. The second kappa shape index (κ2) is 5.78. The molecule has 1 aromatic heterocycles. The molecule has 2 bridgehead atoms. The van der Waals surface area contributed by atoms with Crippen molar-refractivity contribution in [3.8, 4) is 0 Å². The van der Waals surface area contributed by atoms with Crippen LogP contribution in [0.2, 0.25) is 0 Å². The predicted molar refractivity (Wildman–Crippen MR) is 88.8 cm³/mol. The molecular weight excluding hydrogens is 288 g/mol. The Morgan fingerprint density at radius 3 is 2.65 bits per heavy atom. The number of aromatic nitrogens is 1. The quantitative estimate of drug-likeness (QED) is 0.816. The van der Waals surface area contributed by atoms with Crippen LogP contribution >= 0.6 is 0 Å². The molecule has 0 saturated carbocycles. The number of likely N-dealkylation sites (tertiary alicyclic amines) is 1. The van der Waals surface area contributed by atoms with Crippen LogP contribution in [0.1, 0.15) is 28.4 Å². The van der Waals surface area contributed by atoms with Gasteiger partial charge in [0.05, 0.1) is 6.54 Å². The number of rotatable bonds is 3. The minimum atomic E-state index is 0.103. The van der Waals surface area contributed by atoms with Gasteiger partial charge in [-0.05, 0) is 18.4 Å². The molecule has 2 atom stereocenters. The van der Waals surface area contributed by atoms with E-state index in [0.717, 1.165) is 37.3 Å². The molecule has 2 aliphatic rings. The number of ketones is 1. The zero-order valence-electron chi connectivity index (χ0n) is 13.0. The molecule has 3 heterocycles. The van der Waals surface area contributed by atoms with Crippen molar-refractivity contribution in [2.24, 2.45) is 5.92 Å². The van der Waals surface area contributed by atoms with Gasteiger partial charge in [0.15, 0.2) is 5.78 Å². The van der Waals surface area contributed by atoms with E-state index in [1.807, 2.05) is 41.0 Å². The summed E-state index contributed by atoms with van der Waals surface area (Å²) in [6.07, 6.45) is 1.12. The summed E-state index contributed by atoms with van der Waals surface area (Å²) in [4.78, 5) is 26.7. The molecule has 0 N–H and O–H groups in total. The molecule has 4 heteroatoms. The first-order valence-electron chi connectivity index (χ1n) is 8.21. The maximum atomic E-state index is 12.4. The fourth-order valence-electron chi connectivity index (χ4n) is 4.04. The van der Waals surface area contributed by atoms with Gasteiger partial charge in [-0.1, -0.05) is 36.4 Å². The highest BCUT2D eigenvalue weighted by Crippen LogP contribution is 2.34. The van der Waals surface area contributed by atoms with Gasteiger partial charge in [0.25, 0.3) is 5.56 Å². The molecule has 4 rings (SSSR count). The molecule has 4 nitrogen and oxygen atoms in total. The van der Waals surface area contributed by atoms with E-state index in [2.05, 4.69) is 11.0 Å². The van der Waals surface area contributed by atoms with Crippen molar-refractivity contribution < 1.29 is 4.79 Å². The van der Waals surface area contributed by atoms with E-state index >= 15 is 0 Å². The van der Waals surface area contributed by atoms with Gasteiger partial charge in [-0.15, -0.1) is 0 Å². The van der Waals surface area contributed by atoms with Crippen LogP contribution in [-0.2, 0) is 6.54 Å². The number of carbonyl (C=O) groups excluding carboxylic acids is 1. The summed E-state index contributed by atoms with van der Waals surface area (Å²) in [5.74, 6) is 1.00. The lowest BCUT2D eigenvalue weighted by Crippen LogP contribution is -2.48. The van der Waals surface area contributed by atoms with Gasteiger partial charge in [0.1, 0.15) is 0 Å². The zero-order valence-corrected chi connectivity index (χ0v) is 13.0. The molecule has 2 aromatic rings. The van der Waals surface area contributed by atoms with Crippen molar-refractivity contribution in [2.75, 3.05) is 19.6 Å². The van der Waals surface area contributed by atoms with Crippen molar-refractivity contribution in [2.45, 2.75) is 18.9 Å². The standard InChI is InChI=1S/C19H20N2O2/c22-18(15-5-2-1-3-6-15)13-20-10-14-9-16(12-20)17-7-4-8-19(23)21(17)11-14/h1-8,14,16H,9-13H2/t14-,16+/m1/s1. The minimum absolute atomic E-state index is 0.103. The highest BCUT2D eigenvalue weighted by atomic mass is 16.1. The smallest absolute Gasteiger partial charge is 0.250 e. The van der Waals surface area contributed by atoms with Crippen LogP contribution in [0.25, 0.3) is 0 Å². The van der Waals surface area contributed by atoms with Crippen LogP contribution in [0, 0.1) is 5.92 Å². The summed E-state index contributed by atoms with van der Waals surface area (Å²) in [6.45, 7) is 3.00. The number of carbonyl (C=O) groups is 1. The maximum absolute atomic E-state index is 12.4. The van der Waals surface area contributed by atoms with Crippen molar-refractivity contribution in [1.82, 2.24) is 9.47 Å². The van der Waals surface area contributed by atoms with E-state index < -0.39 is 0 Å². The Kier molecular flexibility index (Phi) is 3.62. The first-order valence-corrected chi connectivity index (χ1v) is 8.21. The summed E-state index contributed by atoms with van der Waals surface area (Å²) in [6, 6.07) is 15.0. The van der Waals surface area contributed by atoms with E-state index in [-0.39, 0.29) is 11.3 Å². The molecule has 0 radical (unpaired) electrons. The van der Waals surface area contributed by atoms with Crippen molar-refractivity contribution in [3.63, 3.8) is 0 Å². The second-order valence-electron chi connectivity index (χ2n) is 6.68. The predicted octanol–water partition coefficient (Wildman–Crippen LogP) is 2.15. The average Bonchev–Trinajstić information content (AvgIpc) is 2.57. The fourth-order valence-corrected chi connectivity index (χ4v) is 4.04. The van der Waals surface area contributed by atoms with Gasteiger partial charge in [-0.25, -0.2) is 0 Å². The van der Waals surface area contributed by atoms with Gasteiger partial charge in [-0.2, -0.15) is 0 Å². The first kappa shape index (κ1) is 14.4. The van der Waals surface area contributed by atoms with E-state index in [4.69, 9.17) is 0 Å². The van der Waals surface area contributed by atoms with Crippen LogP contribution in [0.15, 0.2) is 53.3 Å². The summed E-state index contributed by atoms with van der Waals surface area (Å²) >= 11 is 0. The van der Waals surface area contributed by atoms with E-state index in [0.29, 0.717) is 18.4 Å². The number of piperidine rings is 1. The van der Waals surface area contributed by atoms with Gasteiger partial charge < -0.3 is 4.57 Å². The SMILES string of the molecule is O=C(CN1C[C@H]2C[C@@H](C1)c1cccc(=O)n1C2)c1ccccc1. The van der Waals surface area contributed by atoms with E-state index in [1.54, 1.807) is 6.07 Å². The molecule has 0 spiro atoms. The highest BCUT2D eigenvalue weighted by Gasteiger charge is 2.34. The number of pyridine rings is 1. The number of Topliss-reactive ketones (excluding diaryl/α,β-unsaturated/α-hetero) is 1. The molecule has 0 amide bonds. The lowest BCUT2D eigenvalue weighted by molar-refractivity contribution is 0.0817. The second-order valence-corrected chi connectivity index (χ2v) is 6.68. The summed E-state index contributed by atoms with van der Waals surface area (Å²) in [5.41, 5.74) is 2.01. The van der Waals surface area contributed by atoms with Crippen molar-refractivity contribution in [3.05, 3.63) is 70.1 Å². The van der Waals surface area contributed by atoms with Crippen LogP contribution < -0.4 is 5.56 Å². The number of hydrogen-bond acceptors (Lipinski definition) is 3. The van der Waals surface area contributed by atoms with Gasteiger partial charge >= 0.3 is 0 Å². The van der Waals surface area contributed by atoms with E-state index in [1.165, 1.54) is 0 Å². The molecule has 1 saturated heterocycles. The normalized spacial score (nSPS) is 23.3. The molecule has 0 unspecified atom stereocenters. The number of hydrogen-bond donors (Lipinski definition) is 0. The maximum Gasteiger partial charge on any atom is 0.250 e. The molecule has 1 aromatic carbocycles. The van der Waals surface area contributed by atoms with Crippen LogP contribution in [0.5, 0.6) is 0 Å². The van der Waals surface area contributed by atoms with Crippen LogP contribution in [0.3, 0.4) is 0 Å². The highest BCUT2D eigenvalue weighted by molar-refractivity contribution is 5.97. The molecular formula is C19H20N2O2. The monoisotopic (exact) mass is 308 g/mol. The van der Waals surface area contributed by atoms with Gasteiger partial charge in [-0.3, -0.25) is 14.5 Å². The Morgan fingerprint density at radius 1 is 1.00 bits per heavy atom. The molecule has 2 aliphatic heterocycles. The Morgan fingerprint density at radius 2 is 1.83 bits per heavy atom. The molecule has 0 aliphatic carbocycles. The largest absolute Gasteiger partial charge is 0.312 e. The Balaban J connectivity index is 1.53. The number of nitrogens with zero attached hydrogens (tertiary/aromatic N) is 2. The molecule has 1 fully saturated rings. The lowest BCUT2D eigenvalue weighted by atomic mass is 9.83. The Labute approximate surface area is 135 Å². The number of fused-ring (bicyclic) bond motifs is 4. The third kappa shape index (κ3) is 2.75. The topological polar surface area (TPSA) is 42.3 Å². The lowest BCUT2D eigenvalue weighted by Gasteiger charge is -2.42. The van der Waals surface area contributed by atoms with Gasteiger partial charge in [0.2, 0.25) is 0 Å². The molecule has 23 heavy (non-hydrogen) atoms. The first-order chi connectivity index (χ1) is 11.2. The fraction of sp³-hybridized carbons (Fsp3) is 0.368. The summed E-state index contributed by atoms with van der Waals surface area (Å²) in [5, 5.41) is 0.